The third-order valence-corrected chi connectivity index (χ3v) is 2.65. The van der Waals surface area contributed by atoms with E-state index in [0.29, 0.717) is 0 Å². The van der Waals surface area contributed by atoms with Crippen LogP contribution < -0.4 is 5.32 Å². The molecule has 1 rings (SSSR count). The zero-order valence-electron chi connectivity index (χ0n) is 8.34. The highest BCUT2D eigenvalue weighted by atomic mass is 16.4. The highest BCUT2D eigenvalue weighted by Gasteiger charge is 2.34. The first-order valence-corrected chi connectivity index (χ1v) is 4.74. The second-order valence-electron chi connectivity index (χ2n) is 3.95. The number of hydrogen-bond acceptors (Lipinski definition) is 3. The van der Waals surface area contributed by atoms with Crippen LogP contribution in [0.5, 0.6) is 0 Å². The van der Waals surface area contributed by atoms with Gasteiger partial charge in [0.25, 0.3) is 0 Å². The molecule has 1 aliphatic heterocycles. The molecule has 0 unspecified atom stereocenters. The van der Waals surface area contributed by atoms with Crippen LogP contribution in [0.15, 0.2) is 0 Å². The molecular formula is C9H18N2O2. The molecule has 0 amide bonds. The standard InChI is InChI=1S/C9H18N2O2/c1-9(2,8(12)13)11-6-3-4-10-5-7-11/h10H,3-7H2,1-2H3,(H,12,13). The second-order valence-corrected chi connectivity index (χ2v) is 3.95. The normalized spacial score (nSPS) is 21.1. The van der Waals surface area contributed by atoms with Gasteiger partial charge in [0.05, 0.1) is 0 Å². The van der Waals surface area contributed by atoms with E-state index in [2.05, 4.69) is 5.32 Å². The summed E-state index contributed by atoms with van der Waals surface area (Å²) < 4.78 is 0. The maximum Gasteiger partial charge on any atom is 0.323 e. The Balaban J connectivity index is 2.62. The molecule has 0 aromatic heterocycles. The number of aliphatic carboxylic acids is 1. The van der Waals surface area contributed by atoms with E-state index in [1.807, 2.05) is 4.90 Å². The van der Waals surface area contributed by atoms with Crippen molar-refractivity contribution in [3.63, 3.8) is 0 Å². The summed E-state index contributed by atoms with van der Waals surface area (Å²) in [7, 11) is 0. The summed E-state index contributed by atoms with van der Waals surface area (Å²) in [5.41, 5.74) is -0.730. The largest absolute Gasteiger partial charge is 0.480 e. The van der Waals surface area contributed by atoms with Crippen LogP contribution in [0.25, 0.3) is 0 Å². The number of hydrogen-bond donors (Lipinski definition) is 2. The third-order valence-electron chi connectivity index (χ3n) is 2.65. The molecule has 0 spiro atoms. The minimum Gasteiger partial charge on any atom is -0.480 e. The van der Waals surface area contributed by atoms with E-state index < -0.39 is 11.5 Å². The van der Waals surface area contributed by atoms with Crippen LogP contribution >= 0.6 is 0 Å². The predicted octanol–water partition coefficient (Wildman–Crippen LogP) is 0.145. The lowest BCUT2D eigenvalue weighted by atomic mass is 10.0. The molecule has 0 atom stereocenters. The number of carboxylic acids is 1. The Morgan fingerprint density at radius 1 is 1.38 bits per heavy atom. The van der Waals surface area contributed by atoms with Crippen LogP contribution in [0.3, 0.4) is 0 Å². The van der Waals surface area contributed by atoms with E-state index in [-0.39, 0.29) is 0 Å². The molecule has 0 aliphatic carbocycles. The Bertz CT molecular complexity index is 184. The van der Waals surface area contributed by atoms with Gasteiger partial charge in [-0.05, 0) is 26.8 Å². The van der Waals surface area contributed by atoms with Crippen LogP contribution in [-0.2, 0) is 4.79 Å². The summed E-state index contributed by atoms with van der Waals surface area (Å²) >= 11 is 0. The quantitative estimate of drug-likeness (QED) is 0.644. The van der Waals surface area contributed by atoms with Gasteiger partial charge in [-0.2, -0.15) is 0 Å². The summed E-state index contributed by atoms with van der Waals surface area (Å²) in [4.78, 5) is 13.0. The van der Waals surface area contributed by atoms with Crippen LogP contribution in [0, 0.1) is 0 Å². The monoisotopic (exact) mass is 186 g/mol. The molecular weight excluding hydrogens is 168 g/mol. The summed E-state index contributed by atoms with van der Waals surface area (Å²) in [6.45, 7) is 7.09. The lowest BCUT2D eigenvalue weighted by molar-refractivity contribution is -0.149. The first kappa shape index (κ1) is 10.5. The molecule has 0 saturated carbocycles. The van der Waals surface area contributed by atoms with Crippen molar-refractivity contribution in [1.29, 1.82) is 0 Å². The maximum absolute atomic E-state index is 11.0. The first-order chi connectivity index (χ1) is 6.05. The smallest absolute Gasteiger partial charge is 0.323 e. The van der Waals surface area contributed by atoms with Gasteiger partial charge in [-0.25, -0.2) is 0 Å². The number of rotatable bonds is 2. The topological polar surface area (TPSA) is 52.6 Å². The van der Waals surface area contributed by atoms with Gasteiger partial charge in [0.1, 0.15) is 5.54 Å². The van der Waals surface area contributed by atoms with Crippen molar-refractivity contribution in [1.82, 2.24) is 10.2 Å². The molecule has 2 N–H and O–H groups in total. The molecule has 1 aliphatic rings. The molecule has 1 saturated heterocycles. The van der Waals surface area contributed by atoms with Crippen LogP contribution in [0.1, 0.15) is 20.3 Å². The van der Waals surface area contributed by atoms with Crippen molar-refractivity contribution in [3.05, 3.63) is 0 Å². The van der Waals surface area contributed by atoms with Crippen molar-refractivity contribution in [2.45, 2.75) is 25.8 Å². The maximum atomic E-state index is 11.0. The number of nitrogens with one attached hydrogen (secondary N) is 1. The van der Waals surface area contributed by atoms with Gasteiger partial charge in [-0.15, -0.1) is 0 Å². The van der Waals surface area contributed by atoms with E-state index in [9.17, 15) is 4.79 Å². The first-order valence-electron chi connectivity index (χ1n) is 4.74. The van der Waals surface area contributed by atoms with Gasteiger partial charge >= 0.3 is 5.97 Å². The average molecular weight is 186 g/mol. The van der Waals surface area contributed by atoms with Gasteiger partial charge in [-0.1, -0.05) is 0 Å². The Labute approximate surface area is 78.9 Å². The average Bonchev–Trinajstić information content (AvgIpc) is 2.31. The van der Waals surface area contributed by atoms with Crippen molar-refractivity contribution in [3.8, 4) is 0 Å². The summed E-state index contributed by atoms with van der Waals surface area (Å²) in [5.74, 6) is -0.741. The molecule has 0 bridgehead atoms. The van der Waals surface area contributed by atoms with E-state index >= 15 is 0 Å². The third kappa shape index (κ3) is 2.42. The highest BCUT2D eigenvalue weighted by Crippen LogP contribution is 2.15. The number of carboxylic acid groups (broad SMARTS) is 1. The molecule has 0 aromatic rings. The van der Waals surface area contributed by atoms with Crippen molar-refractivity contribution < 1.29 is 9.90 Å². The summed E-state index contributed by atoms with van der Waals surface area (Å²) in [6, 6.07) is 0. The molecule has 76 valence electrons. The SMILES string of the molecule is CC(C)(C(=O)O)N1CCCNCC1. The lowest BCUT2D eigenvalue weighted by Crippen LogP contribution is -2.51. The minimum atomic E-state index is -0.741. The van der Waals surface area contributed by atoms with Gasteiger partial charge in [0, 0.05) is 19.6 Å². The lowest BCUT2D eigenvalue weighted by Gasteiger charge is -2.33. The van der Waals surface area contributed by atoms with E-state index in [1.54, 1.807) is 13.8 Å². The Morgan fingerprint density at radius 3 is 2.69 bits per heavy atom. The van der Waals surface area contributed by atoms with E-state index in [0.717, 1.165) is 32.6 Å². The minimum absolute atomic E-state index is 0.730. The van der Waals surface area contributed by atoms with Gasteiger partial charge < -0.3 is 10.4 Å². The fourth-order valence-corrected chi connectivity index (χ4v) is 1.54. The van der Waals surface area contributed by atoms with Gasteiger partial charge in [0.2, 0.25) is 0 Å². The van der Waals surface area contributed by atoms with Gasteiger partial charge in [-0.3, -0.25) is 9.69 Å². The predicted molar refractivity (Wildman–Crippen MR) is 50.8 cm³/mol. The zero-order chi connectivity index (χ0) is 9.90. The van der Waals surface area contributed by atoms with Crippen LogP contribution in [-0.4, -0.2) is 47.7 Å². The Kier molecular flexibility index (Phi) is 3.27. The molecule has 1 fully saturated rings. The number of carbonyl (C=O) groups is 1. The van der Waals surface area contributed by atoms with Crippen molar-refractivity contribution >= 4 is 5.97 Å². The van der Waals surface area contributed by atoms with Crippen molar-refractivity contribution in [2.75, 3.05) is 26.2 Å². The van der Waals surface area contributed by atoms with Crippen molar-refractivity contribution in [2.24, 2.45) is 0 Å². The fourth-order valence-electron chi connectivity index (χ4n) is 1.54. The van der Waals surface area contributed by atoms with Crippen LogP contribution in [0.4, 0.5) is 0 Å². The summed E-state index contributed by atoms with van der Waals surface area (Å²) in [6.07, 6.45) is 1.02. The highest BCUT2D eigenvalue weighted by molar-refractivity contribution is 5.77. The van der Waals surface area contributed by atoms with Gasteiger partial charge in [0.15, 0.2) is 0 Å². The van der Waals surface area contributed by atoms with E-state index in [4.69, 9.17) is 5.11 Å². The van der Waals surface area contributed by atoms with E-state index in [1.165, 1.54) is 0 Å². The summed E-state index contributed by atoms with van der Waals surface area (Å²) in [5, 5.41) is 12.3. The Morgan fingerprint density at radius 2 is 2.08 bits per heavy atom. The van der Waals surface area contributed by atoms with Crippen LogP contribution in [0.2, 0.25) is 0 Å². The fraction of sp³-hybridized carbons (Fsp3) is 0.889. The molecule has 4 nitrogen and oxygen atoms in total. The molecule has 0 radical (unpaired) electrons. The number of nitrogens with zero attached hydrogens (tertiary/aromatic N) is 1. The Hall–Kier alpha value is -0.610. The molecule has 0 aromatic carbocycles. The second kappa shape index (κ2) is 4.07. The molecule has 1 heterocycles. The molecule has 13 heavy (non-hydrogen) atoms. The molecule has 4 heteroatoms. The zero-order valence-corrected chi connectivity index (χ0v) is 8.34.